The number of allylic oxidation sites excluding steroid dienone is 1. The molecule has 3 atom stereocenters. The second-order valence-electron chi connectivity index (χ2n) is 10.1. The van der Waals surface area contributed by atoms with Gasteiger partial charge in [0.2, 0.25) is 11.8 Å². The van der Waals surface area contributed by atoms with Crippen molar-refractivity contribution in [1.82, 2.24) is 15.5 Å². The van der Waals surface area contributed by atoms with Crippen molar-refractivity contribution in [2.45, 2.75) is 102 Å². The topological polar surface area (TPSA) is 78.5 Å². The van der Waals surface area contributed by atoms with Crippen LogP contribution in [0.5, 0.6) is 0 Å². The lowest BCUT2D eigenvalue weighted by atomic mass is 9.94. The van der Waals surface area contributed by atoms with Crippen molar-refractivity contribution in [2.24, 2.45) is 5.92 Å². The SMILES string of the molecule is C=CCC(CC)C(C)NCCCCCCCCSc1cccc2c1CN(C1CCC(=O)NC1=O)C2=O. The van der Waals surface area contributed by atoms with Crippen molar-refractivity contribution in [3.8, 4) is 0 Å². The Balaban J connectivity index is 1.32. The molecule has 198 valence electrons. The first-order chi connectivity index (χ1) is 17.5. The number of nitrogens with one attached hydrogen (secondary N) is 2. The quantitative estimate of drug-likeness (QED) is 0.133. The summed E-state index contributed by atoms with van der Waals surface area (Å²) in [6, 6.07) is 5.86. The zero-order valence-corrected chi connectivity index (χ0v) is 22.8. The normalized spacial score (nSPS) is 19.2. The summed E-state index contributed by atoms with van der Waals surface area (Å²) in [6.45, 7) is 9.97. The van der Waals surface area contributed by atoms with Gasteiger partial charge in [-0.25, -0.2) is 0 Å². The first-order valence-corrected chi connectivity index (χ1v) is 14.7. The summed E-state index contributed by atoms with van der Waals surface area (Å²) < 4.78 is 0. The lowest BCUT2D eigenvalue weighted by Gasteiger charge is -2.29. The van der Waals surface area contributed by atoms with Gasteiger partial charge >= 0.3 is 0 Å². The van der Waals surface area contributed by atoms with Gasteiger partial charge in [-0.2, -0.15) is 0 Å². The van der Waals surface area contributed by atoms with Crippen molar-refractivity contribution in [3.63, 3.8) is 0 Å². The Morgan fingerprint density at radius 2 is 1.92 bits per heavy atom. The molecule has 0 bridgehead atoms. The number of benzene rings is 1. The molecule has 6 nitrogen and oxygen atoms in total. The summed E-state index contributed by atoms with van der Waals surface area (Å²) in [5, 5.41) is 6.05. The lowest BCUT2D eigenvalue weighted by Crippen LogP contribution is -2.52. The van der Waals surface area contributed by atoms with Gasteiger partial charge in [0.25, 0.3) is 5.91 Å². The monoisotopic (exact) mass is 513 g/mol. The van der Waals surface area contributed by atoms with Gasteiger partial charge in [0, 0.05) is 29.5 Å². The largest absolute Gasteiger partial charge is 0.322 e. The summed E-state index contributed by atoms with van der Waals surface area (Å²) in [5.41, 5.74) is 1.72. The van der Waals surface area contributed by atoms with Crippen molar-refractivity contribution < 1.29 is 14.4 Å². The fraction of sp³-hybridized carbons (Fsp3) is 0.621. The second-order valence-corrected chi connectivity index (χ2v) is 11.2. The third kappa shape index (κ3) is 7.69. The van der Waals surface area contributed by atoms with Crippen LogP contribution in [0.25, 0.3) is 0 Å². The van der Waals surface area contributed by atoms with Crippen LogP contribution >= 0.6 is 11.8 Å². The molecule has 1 aromatic carbocycles. The standard InChI is InChI=1S/C29H43N3O3S/c1-4-13-22(5-2)21(3)30-18-10-8-6-7-9-11-19-36-26-15-12-14-23-24(26)20-32(29(23)35)25-16-17-27(33)31-28(25)34/h4,12,14-15,21-22,25,30H,1,5-11,13,16-20H2,2-3H3,(H,31,33,34). The zero-order chi connectivity index (χ0) is 25.9. The maximum Gasteiger partial charge on any atom is 0.255 e. The molecule has 3 amide bonds. The minimum Gasteiger partial charge on any atom is -0.322 e. The maximum absolute atomic E-state index is 13.0. The van der Waals surface area contributed by atoms with Gasteiger partial charge in [-0.05, 0) is 68.5 Å². The molecule has 1 fully saturated rings. The third-order valence-corrected chi connectivity index (χ3v) is 8.72. The van der Waals surface area contributed by atoms with E-state index in [-0.39, 0.29) is 24.1 Å². The predicted octanol–water partition coefficient (Wildman–Crippen LogP) is 5.46. The summed E-state index contributed by atoms with van der Waals surface area (Å²) in [7, 11) is 0. The zero-order valence-electron chi connectivity index (χ0n) is 22.0. The number of hydrogen-bond donors (Lipinski definition) is 2. The number of imide groups is 1. The molecule has 0 aromatic heterocycles. The van der Waals surface area contributed by atoms with Crippen LogP contribution in [-0.2, 0) is 16.1 Å². The predicted molar refractivity (Wildman–Crippen MR) is 147 cm³/mol. The summed E-state index contributed by atoms with van der Waals surface area (Å²) in [5.74, 6) is 1.00. The molecule has 0 aliphatic carbocycles. The highest BCUT2D eigenvalue weighted by Crippen LogP contribution is 2.34. The van der Waals surface area contributed by atoms with E-state index in [0.717, 1.165) is 35.6 Å². The maximum atomic E-state index is 13.0. The number of unbranched alkanes of at least 4 members (excludes halogenated alkanes) is 5. The number of piperidine rings is 1. The van der Waals surface area contributed by atoms with Crippen LogP contribution in [0.4, 0.5) is 0 Å². The Labute approximate surface area is 221 Å². The number of nitrogens with zero attached hydrogens (tertiary/aromatic N) is 1. The first kappa shape index (κ1) is 28.5. The molecule has 0 spiro atoms. The Hall–Kier alpha value is -2.12. The average molecular weight is 514 g/mol. The van der Waals surface area contributed by atoms with E-state index in [4.69, 9.17) is 0 Å². The van der Waals surface area contributed by atoms with Crippen LogP contribution < -0.4 is 10.6 Å². The number of hydrogen-bond acceptors (Lipinski definition) is 5. The van der Waals surface area contributed by atoms with E-state index in [2.05, 4.69) is 37.1 Å². The molecule has 3 rings (SSSR count). The fourth-order valence-corrected chi connectivity index (χ4v) is 6.34. The molecule has 36 heavy (non-hydrogen) atoms. The van der Waals surface area contributed by atoms with E-state index in [1.807, 2.05) is 30.0 Å². The van der Waals surface area contributed by atoms with Crippen LogP contribution in [0.3, 0.4) is 0 Å². The Morgan fingerprint density at radius 1 is 1.17 bits per heavy atom. The Bertz CT molecular complexity index is 919. The molecule has 0 radical (unpaired) electrons. The van der Waals surface area contributed by atoms with Crippen molar-refractivity contribution >= 4 is 29.5 Å². The van der Waals surface area contributed by atoms with Crippen molar-refractivity contribution in [2.75, 3.05) is 12.3 Å². The number of amides is 3. The van der Waals surface area contributed by atoms with E-state index < -0.39 is 6.04 Å². The number of rotatable bonds is 16. The van der Waals surface area contributed by atoms with Crippen LogP contribution in [0.1, 0.15) is 94.0 Å². The van der Waals surface area contributed by atoms with E-state index in [1.54, 1.807) is 4.90 Å². The molecular formula is C29H43N3O3S. The molecule has 2 N–H and O–H groups in total. The van der Waals surface area contributed by atoms with Crippen LogP contribution in [0.15, 0.2) is 35.7 Å². The number of fused-ring (bicyclic) bond motifs is 1. The number of carbonyl (C=O) groups excluding carboxylic acids is 3. The highest BCUT2D eigenvalue weighted by molar-refractivity contribution is 7.99. The molecular weight excluding hydrogens is 470 g/mol. The Kier molecular flexibility index (Phi) is 11.5. The summed E-state index contributed by atoms with van der Waals surface area (Å²) in [6.07, 6.45) is 12.4. The molecule has 7 heteroatoms. The van der Waals surface area contributed by atoms with E-state index >= 15 is 0 Å². The average Bonchev–Trinajstić information content (AvgIpc) is 3.20. The van der Waals surface area contributed by atoms with Gasteiger partial charge in [0.05, 0.1) is 0 Å². The third-order valence-electron chi connectivity index (χ3n) is 7.53. The summed E-state index contributed by atoms with van der Waals surface area (Å²) >= 11 is 1.81. The summed E-state index contributed by atoms with van der Waals surface area (Å²) in [4.78, 5) is 39.5. The smallest absolute Gasteiger partial charge is 0.255 e. The van der Waals surface area contributed by atoms with Gasteiger partial charge in [-0.15, -0.1) is 18.3 Å². The fourth-order valence-electron chi connectivity index (χ4n) is 5.24. The van der Waals surface area contributed by atoms with Crippen LogP contribution in [0.2, 0.25) is 0 Å². The van der Waals surface area contributed by atoms with Gasteiger partial charge in [0.1, 0.15) is 6.04 Å². The number of thioether (sulfide) groups is 1. The molecule has 2 aliphatic rings. The van der Waals surface area contributed by atoms with Crippen LogP contribution in [0, 0.1) is 5.92 Å². The minimum absolute atomic E-state index is 0.100. The molecule has 2 aliphatic heterocycles. The molecule has 1 aromatic rings. The van der Waals surface area contributed by atoms with Crippen molar-refractivity contribution in [3.05, 3.63) is 42.0 Å². The second kappa shape index (κ2) is 14.6. The van der Waals surface area contributed by atoms with E-state index in [0.29, 0.717) is 30.5 Å². The van der Waals surface area contributed by atoms with Gasteiger partial charge in [-0.3, -0.25) is 19.7 Å². The molecule has 0 saturated carbocycles. The highest BCUT2D eigenvalue weighted by Gasteiger charge is 2.39. The van der Waals surface area contributed by atoms with E-state index in [9.17, 15) is 14.4 Å². The lowest BCUT2D eigenvalue weighted by molar-refractivity contribution is -0.136. The Morgan fingerprint density at radius 3 is 2.64 bits per heavy atom. The van der Waals surface area contributed by atoms with Gasteiger partial charge in [-0.1, -0.05) is 51.2 Å². The van der Waals surface area contributed by atoms with E-state index in [1.165, 1.54) is 38.5 Å². The van der Waals surface area contributed by atoms with Gasteiger partial charge < -0.3 is 10.2 Å². The number of carbonyl (C=O) groups is 3. The minimum atomic E-state index is -0.556. The van der Waals surface area contributed by atoms with Crippen molar-refractivity contribution in [1.29, 1.82) is 0 Å². The van der Waals surface area contributed by atoms with Gasteiger partial charge in [0.15, 0.2) is 0 Å². The molecule has 2 heterocycles. The molecule has 1 saturated heterocycles. The first-order valence-electron chi connectivity index (χ1n) is 13.7. The highest BCUT2D eigenvalue weighted by atomic mass is 32.2. The molecule has 3 unspecified atom stereocenters. The van der Waals surface area contributed by atoms with Crippen LogP contribution in [-0.4, -0.2) is 47.0 Å².